The van der Waals surface area contributed by atoms with Gasteiger partial charge in [-0.25, -0.2) is 4.79 Å². The Morgan fingerprint density at radius 2 is 1.94 bits per heavy atom. The summed E-state index contributed by atoms with van der Waals surface area (Å²) < 4.78 is 15.7. The molecule has 0 aliphatic rings. The lowest BCUT2D eigenvalue weighted by atomic mass is 10.2. The predicted octanol–water partition coefficient (Wildman–Crippen LogP) is 2.22. The van der Waals surface area contributed by atoms with E-state index in [2.05, 4.69) is 15.9 Å². The van der Waals surface area contributed by atoms with Gasteiger partial charge in [-0.1, -0.05) is 15.9 Å². The van der Waals surface area contributed by atoms with Crippen molar-refractivity contribution in [3.63, 3.8) is 0 Å². The zero-order valence-electron chi connectivity index (χ0n) is 9.10. The van der Waals surface area contributed by atoms with Crippen molar-refractivity contribution in [2.75, 3.05) is 20.8 Å². The van der Waals surface area contributed by atoms with Gasteiger partial charge in [-0.3, -0.25) is 0 Å². The molecule has 16 heavy (non-hydrogen) atoms. The molecule has 0 radical (unpaired) electrons. The van der Waals surface area contributed by atoms with Gasteiger partial charge in [0.05, 0.1) is 5.56 Å². The fraction of sp³-hybridized carbons (Fsp3) is 0.364. The first kappa shape index (κ1) is 13.2. The number of rotatable bonds is 5. The van der Waals surface area contributed by atoms with Crippen LogP contribution in [0.3, 0.4) is 0 Å². The van der Waals surface area contributed by atoms with E-state index >= 15 is 0 Å². The van der Waals surface area contributed by atoms with Crippen LogP contribution in [0.1, 0.15) is 10.4 Å². The van der Waals surface area contributed by atoms with Crippen LogP contribution in [0.4, 0.5) is 0 Å². The summed E-state index contributed by atoms with van der Waals surface area (Å²) in [6.45, 7) is 0.207. The molecule has 0 saturated heterocycles. The lowest BCUT2D eigenvalue weighted by Gasteiger charge is -2.14. The molecule has 0 aliphatic carbocycles. The first-order valence-electron chi connectivity index (χ1n) is 4.65. The molecule has 1 atom stereocenters. The maximum Gasteiger partial charge on any atom is 0.340 e. The molecule has 1 aromatic carbocycles. The van der Waals surface area contributed by atoms with E-state index in [-0.39, 0.29) is 6.61 Å². The number of halogens is 1. The number of ether oxygens (including phenoxy) is 3. The molecule has 0 fully saturated rings. The van der Waals surface area contributed by atoms with Crippen LogP contribution in [0.25, 0.3) is 0 Å². The molecule has 5 heteroatoms. The summed E-state index contributed by atoms with van der Waals surface area (Å²) in [6, 6.07) is 6.89. The highest BCUT2D eigenvalue weighted by atomic mass is 79.9. The van der Waals surface area contributed by atoms with Gasteiger partial charge in [0.2, 0.25) is 6.29 Å². The van der Waals surface area contributed by atoms with Crippen molar-refractivity contribution >= 4 is 21.9 Å². The summed E-state index contributed by atoms with van der Waals surface area (Å²) in [5, 5.41) is 0. The molecule has 0 amide bonds. The zero-order chi connectivity index (χ0) is 12.0. The first-order valence-corrected chi connectivity index (χ1v) is 5.45. The van der Waals surface area contributed by atoms with Crippen molar-refractivity contribution in [3.8, 4) is 0 Å². The molecular weight excluding hydrogens is 276 g/mol. The Hall–Kier alpha value is -0.910. The third-order valence-corrected chi connectivity index (χ3v) is 2.41. The van der Waals surface area contributed by atoms with Crippen molar-refractivity contribution in [2.24, 2.45) is 0 Å². The third-order valence-electron chi connectivity index (χ3n) is 1.88. The SMILES string of the molecule is COCC(OC)OC(=O)c1ccc(Br)cc1. The number of hydrogen-bond acceptors (Lipinski definition) is 4. The minimum atomic E-state index is -0.679. The van der Waals surface area contributed by atoms with E-state index in [9.17, 15) is 4.79 Å². The normalized spacial score (nSPS) is 12.2. The summed E-state index contributed by atoms with van der Waals surface area (Å²) in [7, 11) is 2.97. The number of carbonyl (C=O) groups excluding carboxylic acids is 1. The molecule has 0 aliphatic heterocycles. The summed E-state index contributed by atoms with van der Waals surface area (Å²) in [5.74, 6) is -0.434. The Balaban J connectivity index is 2.60. The second-order valence-corrected chi connectivity index (χ2v) is 3.95. The van der Waals surface area contributed by atoms with E-state index in [0.717, 1.165) is 4.47 Å². The summed E-state index contributed by atoms with van der Waals surface area (Å²) in [4.78, 5) is 11.6. The van der Waals surface area contributed by atoms with Crippen molar-refractivity contribution in [1.29, 1.82) is 0 Å². The van der Waals surface area contributed by atoms with Crippen LogP contribution in [0.15, 0.2) is 28.7 Å². The van der Waals surface area contributed by atoms with Gasteiger partial charge in [0.15, 0.2) is 0 Å². The minimum Gasteiger partial charge on any atom is -0.430 e. The van der Waals surface area contributed by atoms with E-state index in [1.807, 2.05) is 0 Å². The minimum absolute atomic E-state index is 0.207. The average molecular weight is 289 g/mol. The van der Waals surface area contributed by atoms with Crippen molar-refractivity contribution in [1.82, 2.24) is 0 Å². The Kier molecular flexibility index (Phi) is 5.45. The standard InChI is InChI=1S/C11H13BrO4/c1-14-7-10(15-2)16-11(13)8-3-5-9(12)6-4-8/h3-6,10H,7H2,1-2H3. The highest BCUT2D eigenvalue weighted by molar-refractivity contribution is 9.10. The van der Waals surface area contributed by atoms with Crippen molar-refractivity contribution in [3.05, 3.63) is 34.3 Å². The largest absolute Gasteiger partial charge is 0.430 e. The highest BCUT2D eigenvalue weighted by Gasteiger charge is 2.14. The highest BCUT2D eigenvalue weighted by Crippen LogP contribution is 2.12. The molecule has 0 aromatic heterocycles. The van der Waals surface area contributed by atoms with Gasteiger partial charge in [0.1, 0.15) is 6.61 Å². The predicted molar refractivity (Wildman–Crippen MR) is 62.2 cm³/mol. The fourth-order valence-electron chi connectivity index (χ4n) is 1.06. The van der Waals surface area contributed by atoms with Gasteiger partial charge in [0, 0.05) is 18.7 Å². The second-order valence-electron chi connectivity index (χ2n) is 3.03. The van der Waals surface area contributed by atoms with Crippen LogP contribution in [0.5, 0.6) is 0 Å². The number of methoxy groups -OCH3 is 2. The van der Waals surface area contributed by atoms with Gasteiger partial charge in [-0.2, -0.15) is 0 Å². The smallest absolute Gasteiger partial charge is 0.340 e. The molecule has 0 spiro atoms. The lowest BCUT2D eigenvalue weighted by Crippen LogP contribution is -2.24. The lowest BCUT2D eigenvalue weighted by molar-refractivity contribution is -0.120. The molecule has 4 nitrogen and oxygen atoms in total. The molecule has 0 N–H and O–H groups in total. The van der Waals surface area contributed by atoms with E-state index < -0.39 is 12.3 Å². The van der Waals surface area contributed by atoms with Crippen molar-refractivity contribution in [2.45, 2.75) is 6.29 Å². The van der Waals surface area contributed by atoms with Crippen LogP contribution < -0.4 is 0 Å². The zero-order valence-corrected chi connectivity index (χ0v) is 10.7. The molecule has 1 rings (SSSR count). The third kappa shape index (κ3) is 3.92. The van der Waals surface area contributed by atoms with E-state index in [1.54, 1.807) is 24.3 Å². The van der Waals surface area contributed by atoms with Crippen LogP contribution >= 0.6 is 15.9 Å². The van der Waals surface area contributed by atoms with Gasteiger partial charge in [-0.05, 0) is 24.3 Å². The maximum absolute atomic E-state index is 11.6. The monoisotopic (exact) mass is 288 g/mol. The summed E-state index contributed by atoms with van der Waals surface area (Å²) in [6.07, 6.45) is -0.679. The maximum atomic E-state index is 11.6. The summed E-state index contributed by atoms with van der Waals surface area (Å²) >= 11 is 3.29. The van der Waals surface area contributed by atoms with Crippen LogP contribution in [0.2, 0.25) is 0 Å². The fourth-order valence-corrected chi connectivity index (χ4v) is 1.32. The number of hydrogen-bond donors (Lipinski definition) is 0. The number of carbonyl (C=O) groups is 1. The van der Waals surface area contributed by atoms with Crippen LogP contribution in [-0.2, 0) is 14.2 Å². The molecule has 0 heterocycles. The van der Waals surface area contributed by atoms with Gasteiger partial charge in [0.25, 0.3) is 0 Å². The topological polar surface area (TPSA) is 44.8 Å². The number of esters is 1. The van der Waals surface area contributed by atoms with E-state index in [0.29, 0.717) is 5.56 Å². The Morgan fingerprint density at radius 3 is 2.44 bits per heavy atom. The molecule has 1 aromatic rings. The van der Waals surface area contributed by atoms with Gasteiger partial charge < -0.3 is 14.2 Å². The molecular formula is C11H13BrO4. The second kappa shape index (κ2) is 6.62. The Labute approximate surface area is 103 Å². The quantitative estimate of drug-likeness (QED) is 0.616. The average Bonchev–Trinajstić information content (AvgIpc) is 2.29. The van der Waals surface area contributed by atoms with Crippen LogP contribution in [-0.4, -0.2) is 33.1 Å². The Bertz CT molecular complexity index is 336. The van der Waals surface area contributed by atoms with Crippen molar-refractivity contribution < 1.29 is 19.0 Å². The number of benzene rings is 1. The Morgan fingerprint density at radius 1 is 1.31 bits per heavy atom. The first-order chi connectivity index (χ1) is 7.67. The summed E-state index contributed by atoms with van der Waals surface area (Å²) in [5.41, 5.74) is 0.473. The van der Waals surface area contributed by atoms with E-state index in [1.165, 1.54) is 14.2 Å². The van der Waals surface area contributed by atoms with Gasteiger partial charge in [-0.15, -0.1) is 0 Å². The molecule has 0 saturated carbocycles. The van der Waals surface area contributed by atoms with E-state index in [4.69, 9.17) is 14.2 Å². The molecule has 0 bridgehead atoms. The van der Waals surface area contributed by atoms with Gasteiger partial charge >= 0.3 is 5.97 Å². The van der Waals surface area contributed by atoms with Crippen LogP contribution in [0, 0.1) is 0 Å². The molecule has 1 unspecified atom stereocenters. The molecule has 88 valence electrons.